The molecule has 0 aromatic carbocycles. The maximum atomic E-state index is 13.5. The monoisotopic (exact) mass is 225 g/mol. The summed E-state index contributed by atoms with van der Waals surface area (Å²) in [7, 11) is 0. The minimum Gasteiger partial charge on any atom is -0.474 e. The van der Waals surface area contributed by atoms with Crippen LogP contribution in [-0.2, 0) is 0 Å². The molecule has 5 heteroatoms. The molecule has 0 radical (unpaired) electrons. The molecule has 1 saturated heterocycles. The Bertz CT molecular complexity index is 353. The van der Waals surface area contributed by atoms with Crippen molar-refractivity contribution >= 4 is 0 Å². The molecule has 1 atom stereocenters. The molecule has 1 unspecified atom stereocenters. The van der Waals surface area contributed by atoms with Crippen LogP contribution in [0.15, 0.2) is 6.33 Å². The van der Waals surface area contributed by atoms with Gasteiger partial charge in [0, 0.05) is 6.04 Å². The van der Waals surface area contributed by atoms with Crippen LogP contribution in [0.25, 0.3) is 0 Å². The molecule has 1 aliphatic rings. The van der Waals surface area contributed by atoms with Gasteiger partial charge in [-0.2, -0.15) is 9.37 Å². The SMILES string of the molecule is Cc1ncnc(OCC2CCCCN2)c1F. The molecule has 2 rings (SSSR count). The minimum atomic E-state index is -0.460. The molecule has 88 valence electrons. The molecular weight excluding hydrogens is 209 g/mol. The molecule has 1 aliphatic heterocycles. The van der Waals surface area contributed by atoms with E-state index in [4.69, 9.17) is 4.74 Å². The Morgan fingerprint density at radius 1 is 1.50 bits per heavy atom. The van der Waals surface area contributed by atoms with Gasteiger partial charge in [0.2, 0.25) is 5.82 Å². The lowest BCUT2D eigenvalue weighted by Crippen LogP contribution is -2.38. The van der Waals surface area contributed by atoms with Crippen molar-refractivity contribution in [3.63, 3.8) is 0 Å². The fraction of sp³-hybridized carbons (Fsp3) is 0.636. The fourth-order valence-electron chi connectivity index (χ4n) is 1.78. The van der Waals surface area contributed by atoms with E-state index in [2.05, 4.69) is 15.3 Å². The zero-order valence-electron chi connectivity index (χ0n) is 9.37. The van der Waals surface area contributed by atoms with Crippen molar-refractivity contribution in [3.8, 4) is 5.88 Å². The van der Waals surface area contributed by atoms with Crippen LogP contribution in [0.1, 0.15) is 25.0 Å². The van der Waals surface area contributed by atoms with Gasteiger partial charge in [0.05, 0.1) is 5.69 Å². The topological polar surface area (TPSA) is 47.0 Å². The maximum absolute atomic E-state index is 13.5. The summed E-state index contributed by atoms with van der Waals surface area (Å²) in [6.07, 6.45) is 4.80. The van der Waals surface area contributed by atoms with E-state index < -0.39 is 5.82 Å². The van der Waals surface area contributed by atoms with Crippen LogP contribution in [0.5, 0.6) is 5.88 Å². The van der Waals surface area contributed by atoms with Gasteiger partial charge >= 0.3 is 0 Å². The van der Waals surface area contributed by atoms with Crippen LogP contribution in [0.2, 0.25) is 0 Å². The number of hydrogen-bond donors (Lipinski definition) is 1. The summed E-state index contributed by atoms with van der Waals surface area (Å²) in [6, 6.07) is 0.309. The van der Waals surface area contributed by atoms with Crippen LogP contribution >= 0.6 is 0 Å². The summed E-state index contributed by atoms with van der Waals surface area (Å²) in [5, 5.41) is 3.33. The second-order valence-electron chi connectivity index (χ2n) is 4.04. The van der Waals surface area contributed by atoms with Gasteiger partial charge in [0.1, 0.15) is 12.9 Å². The third-order valence-electron chi connectivity index (χ3n) is 2.77. The third kappa shape index (κ3) is 2.66. The number of ether oxygens (including phenoxy) is 1. The van der Waals surface area contributed by atoms with E-state index in [1.807, 2.05) is 0 Å². The second-order valence-corrected chi connectivity index (χ2v) is 4.04. The number of nitrogens with zero attached hydrogens (tertiary/aromatic N) is 2. The first-order chi connectivity index (χ1) is 7.77. The maximum Gasteiger partial charge on any atom is 0.253 e. The molecule has 0 aliphatic carbocycles. The lowest BCUT2D eigenvalue weighted by molar-refractivity contribution is 0.222. The second kappa shape index (κ2) is 5.21. The Morgan fingerprint density at radius 3 is 3.12 bits per heavy atom. The van der Waals surface area contributed by atoms with Crippen LogP contribution < -0.4 is 10.1 Å². The highest BCUT2D eigenvalue weighted by molar-refractivity contribution is 5.15. The minimum absolute atomic E-state index is 0.0554. The van der Waals surface area contributed by atoms with E-state index in [1.165, 1.54) is 19.2 Å². The van der Waals surface area contributed by atoms with Gasteiger partial charge in [0.25, 0.3) is 5.88 Å². The van der Waals surface area contributed by atoms with E-state index >= 15 is 0 Å². The molecule has 0 saturated carbocycles. The number of nitrogens with one attached hydrogen (secondary N) is 1. The molecular formula is C11H16FN3O. The predicted octanol–water partition coefficient (Wildman–Crippen LogP) is 1.45. The van der Waals surface area contributed by atoms with Gasteiger partial charge in [-0.05, 0) is 26.3 Å². The summed E-state index contributed by atoms with van der Waals surface area (Å²) >= 11 is 0. The molecule has 1 N–H and O–H groups in total. The quantitative estimate of drug-likeness (QED) is 0.845. The number of aryl methyl sites for hydroxylation is 1. The third-order valence-corrected chi connectivity index (χ3v) is 2.77. The van der Waals surface area contributed by atoms with Gasteiger partial charge in [-0.25, -0.2) is 4.98 Å². The molecule has 0 spiro atoms. The molecule has 1 aromatic heterocycles. The molecule has 16 heavy (non-hydrogen) atoms. The number of halogens is 1. The van der Waals surface area contributed by atoms with Crippen LogP contribution in [0.3, 0.4) is 0 Å². The lowest BCUT2D eigenvalue weighted by Gasteiger charge is -2.23. The summed E-state index contributed by atoms with van der Waals surface area (Å²) < 4.78 is 18.9. The fourth-order valence-corrected chi connectivity index (χ4v) is 1.78. The number of aromatic nitrogens is 2. The van der Waals surface area contributed by atoms with Crippen molar-refractivity contribution in [1.82, 2.24) is 15.3 Å². The smallest absolute Gasteiger partial charge is 0.253 e. The Labute approximate surface area is 94.2 Å². The molecule has 0 bridgehead atoms. The standard InChI is InChI=1S/C11H16FN3O/c1-8-10(12)11(15-7-14-8)16-6-9-4-2-3-5-13-9/h7,9,13H,2-6H2,1H3. The number of piperidine rings is 1. The first-order valence-electron chi connectivity index (χ1n) is 5.60. The zero-order valence-corrected chi connectivity index (χ0v) is 9.37. The molecule has 1 fully saturated rings. The highest BCUT2D eigenvalue weighted by Gasteiger charge is 2.15. The zero-order chi connectivity index (χ0) is 11.4. The Kier molecular flexibility index (Phi) is 3.66. The van der Waals surface area contributed by atoms with Gasteiger partial charge in [-0.1, -0.05) is 6.42 Å². The van der Waals surface area contributed by atoms with Crippen LogP contribution in [0, 0.1) is 12.7 Å². The van der Waals surface area contributed by atoms with Crippen molar-refractivity contribution in [2.75, 3.05) is 13.2 Å². The molecule has 4 nitrogen and oxygen atoms in total. The summed E-state index contributed by atoms with van der Waals surface area (Å²) in [4.78, 5) is 7.54. The summed E-state index contributed by atoms with van der Waals surface area (Å²) in [6.45, 7) is 3.08. The predicted molar refractivity (Wildman–Crippen MR) is 57.9 cm³/mol. The lowest BCUT2D eigenvalue weighted by atomic mass is 10.1. The first-order valence-corrected chi connectivity index (χ1v) is 5.60. The largest absolute Gasteiger partial charge is 0.474 e. The van der Waals surface area contributed by atoms with Gasteiger partial charge in [0.15, 0.2) is 0 Å². The average molecular weight is 225 g/mol. The van der Waals surface area contributed by atoms with Crippen molar-refractivity contribution in [2.24, 2.45) is 0 Å². The van der Waals surface area contributed by atoms with Crippen molar-refractivity contribution in [3.05, 3.63) is 17.8 Å². The molecule has 1 aromatic rings. The van der Waals surface area contributed by atoms with Crippen molar-refractivity contribution < 1.29 is 9.13 Å². The first kappa shape index (κ1) is 11.3. The van der Waals surface area contributed by atoms with Crippen molar-refractivity contribution in [1.29, 1.82) is 0 Å². The van der Waals surface area contributed by atoms with E-state index in [0.29, 0.717) is 18.3 Å². The van der Waals surface area contributed by atoms with E-state index in [9.17, 15) is 4.39 Å². The van der Waals surface area contributed by atoms with Gasteiger partial charge in [-0.3, -0.25) is 0 Å². The Balaban J connectivity index is 1.91. The number of rotatable bonds is 3. The highest BCUT2D eigenvalue weighted by Crippen LogP contribution is 2.15. The Hall–Kier alpha value is -1.23. The average Bonchev–Trinajstić information content (AvgIpc) is 2.32. The van der Waals surface area contributed by atoms with Crippen LogP contribution in [-0.4, -0.2) is 29.2 Å². The molecule has 0 amide bonds. The summed E-state index contributed by atoms with van der Waals surface area (Å²) in [5.74, 6) is -0.404. The highest BCUT2D eigenvalue weighted by atomic mass is 19.1. The number of hydrogen-bond acceptors (Lipinski definition) is 4. The van der Waals surface area contributed by atoms with E-state index in [-0.39, 0.29) is 5.88 Å². The molecule has 2 heterocycles. The summed E-state index contributed by atoms with van der Waals surface area (Å²) in [5.41, 5.74) is 0.321. The van der Waals surface area contributed by atoms with Crippen LogP contribution in [0.4, 0.5) is 4.39 Å². The van der Waals surface area contributed by atoms with E-state index in [0.717, 1.165) is 13.0 Å². The normalized spacial score (nSPS) is 20.8. The van der Waals surface area contributed by atoms with Crippen molar-refractivity contribution in [2.45, 2.75) is 32.2 Å². The van der Waals surface area contributed by atoms with E-state index in [1.54, 1.807) is 6.92 Å². The van der Waals surface area contributed by atoms with Gasteiger partial charge in [-0.15, -0.1) is 0 Å². The Morgan fingerprint density at radius 2 is 2.38 bits per heavy atom. The van der Waals surface area contributed by atoms with Gasteiger partial charge < -0.3 is 10.1 Å².